The summed E-state index contributed by atoms with van der Waals surface area (Å²) in [5.41, 5.74) is 2.84. The Bertz CT molecular complexity index is 439. The lowest BCUT2D eigenvalue weighted by atomic mass is 9.78. The van der Waals surface area contributed by atoms with E-state index in [1.165, 1.54) is 36.9 Å². The molecule has 2 heteroatoms. The fraction of sp³-hybridized carbons (Fsp3) is 0.647. The molecule has 1 aromatic rings. The SMILES string of the molecule is CCCCN1c2cc(O)ccc2C(CC)CC1(C)C. The number of phenolic OH excluding ortho intramolecular Hbond substituents is 1. The number of nitrogens with zero attached hydrogens (tertiary/aromatic N) is 1. The number of phenols is 1. The normalized spacial score (nSPS) is 21.3. The van der Waals surface area contributed by atoms with Gasteiger partial charge in [-0.05, 0) is 50.7 Å². The maximum Gasteiger partial charge on any atom is 0.117 e. The van der Waals surface area contributed by atoms with Gasteiger partial charge in [0.15, 0.2) is 0 Å². The summed E-state index contributed by atoms with van der Waals surface area (Å²) in [6, 6.07) is 5.90. The second kappa shape index (κ2) is 5.44. The van der Waals surface area contributed by atoms with Gasteiger partial charge in [-0.15, -0.1) is 0 Å². The molecule has 1 aliphatic rings. The van der Waals surface area contributed by atoms with Crippen molar-refractivity contribution in [3.8, 4) is 5.75 Å². The van der Waals surface area contributed by atoms with Crippen LogP contribution in [0.1, 0.15) is 64.9 Å². The largest absolute Gasteiger partial charge is 0.508 e. The Morgan fingerprint density at radius 1 is 1.32 bits per heavy atom. The highest BCUT2D eigenvalue weighted by atomic mass is 16.3. The van der Waals surface area contributed by atoms with E-state index in [0.717, 1.165) is 6.54 Å². The molecule has 1 unspecified atom stereocenters. The molecule has 106 valence electrons. The van der Waals surface area contributed by atoms with E-state index in [1.807, 2.05) is 12.1 Å². The van der Waals surface area contributed by atoms with Gasteiger partial charge in [0, 0.05) is 23.8 Å². The van der Waals surface area contributed by atoms with Crippen LogP contribution in [-0.4, -0.2) is 17.2 Å². The average Bonchev–Trinajstić information content (AvgIpc) is 2.36. The van der Waals surface area contributed by atoms with E-state index in [9.17, 15) is 5.11 Å². The molecule has 19 heavy (non-hydrogen) atoms. The molecule has 2 nitrogen and oxygen atoms in total. The lowest BCUT2D eigenvalue weighted by Gasteiger charge is -2.48. The lowest BCUT2D eigenvalue weighted by molar-refractivity contribution is 0.357. The number of aromatic hydroxyl groups is 1. The van der Waals surface area contributed by atoms with E-state index < -0.39 is 0 Å². The van der Waals surface area contributed by atoms with Crippen molar-refractivity contribution in [1.82, 2.24) is 0 Å². The molecule has 0 aromatic heterocycles. The molecule has 1 heterocycles. The van der Waals surface area contributed by atoms with Crippen molar-refractivity contribution < 1.29 is 5.11 Å². The molecule has 0 aliphatic carbocycles. The molecule has 1 aromatic carbocycles. The Balaban J connectivity index is 2.44. The molecule has 0 spiro atoms. The van der Waals surface area contributed by atoms with E-state index in [0.29, 0.717) is 11.7 Å². The monoisotopic (exact) mass is 261 g/mol. The number of rotatable bonds is 4. The quantitative estimate of drug-likeness (QED) is 0.851. The third-order valence-corrected chi connectivity index (χ3v) is 4.45. The minimum Gasteiger partial charge on any atom is -0.508 e. The van der Waals surface area contributed by atoms with E-state index >= 15 is 0 Å². The van der Waals surface area contributed by atoms with Gasteiger partial charge in [0.05, 0.1) is 0 Å². The Labute approximate surface area is 117 Å². The zero-order valence-electron chi connectivity index (χ0n) is 12.7. The van der Waals surface area contributed by atoms with Crippen LogP contribution >= 0.6 is 0 Å². The predicted octanol–water partition coefficient (Wildman–Crippen LogP) is 4.67. The van der Waals surface area contributed by atoms with Gasteiger partial charge in [0.2, 0.25) is 0 Å². The fourth-order valence-corrected chi connectivity index (χ4v) is 3.36. The van der Waals surface area contributed by atoms with Gasteiger partial charge in [-0.1, -0.05) is 26.3 Å². The summed E-state index contributed by atoms with van der Waals surface area (Å²) in [4.78, 5) is 2.50. The maximum atomic E-state index is 9.83. The molecular formula is C17H27NO. The first kappa shape index (κ1) is 14.2. The molecule has 0 saturated carbocycles. The highest BCUT2D eigenvalue weighted by Crippen LogP contribution is 2.45. The van der Waals surface area contributed by atoms with Gasteiger partial charge < -0.3 is 10.0 Å². The minimum atomic E-state index is 0.177. The second-order valence-electron chi connectivity index (χ2n) is 6.37. The first-order valence-electron chi connectivity index (χ1n) is 7.60. The van der Waals surface area contributed by atoms with Crippen LogP contribution in [0.3, 0.4) is 0 Å². The summed E-state index contributed by atoms with van der Waals surface area (Å²) in [5.74, 6) is 0.997. The van der Waals surface area contributed by atoms with Gasteiger partial charge in [-0.2, -0.15) is 0 Å². The molecule has 0 bridgehead atoms. The van der Waals surface area contributed by atoms with E-state index in [2.05, 4.69) is 38.7 Å². The maximum absolute atomic E-state index is 9.83. The molecule has 0 radical (unpaired) electrons. The van der Waals surface area contributed by atoms with Gasteiger partial charge in [0.1, 0.15) is 5.75 Å². The zero-order chi connectivity index (χ0) is 14.0. The Kier molecular flexibility index (Phi) is 4.07. The van der Waals surface area contributed by atoms with Crippen LogP contribution in [0.25, 0.3) is 0 Å². The number of unbranched alkanes of at least 4 members (excludes halogenated alkanes) is 1. The topological polar surface area (TPSA) is 23.5 Å². The summed E-state index contributed by atoms with van der Waals surface area (Å²) < 4.78 is 0. The average molecular weight is 261 g/mol. The van der Waals surface area contributed by atoms with Crippen molar-refractivity contribution in [3.63, 3.8) is 0 Å². The molecule has 0 fully saturated rings. The first-order chi connectivity index (χ1) is 8.99. The summed E-state index contributed by atoms with van der Waals surface area (Å²) in [7, 11) is 0. The highest BCUT2D eigenvalue weighted by molar-refractivity contribution is 5.62. The number of benzene rings is 1. The molecular weight excluding hydrogens is 234 g/mol. The van der Waals surface area contributed by atoms with Crippen molar-refractivity contribution in [3.05, 3.63) is 23.8 Å². The van der Waals surface area contributed by atoms with Crippen molar-refractivity contribution in [2.75, 3.05) is 11.4 Å². The first-order valence-corrected chi connectivity index (χ1v) is 7.60. The van der Waals surface area contributed by atoms with E-state index in [4.69, 9.17) is 0 Å². The van der Waals surface area contributed by atoms with Crippen LogP contribution in [0.2, 0.25) is 0 Å². The molecule has 1 atom stereocenters. The van der Waals surface area contributed by atoms with E-state index in [1.54, 1.807) is 0 Å². The van der Waals surface area contributed by atoms with Gasteiger partial charge in [-0.25, -0.2) is 0 Å². The highest BCUT2D eigenvalue weighted by Gasteiger charge is 2.36. The van der Waals surface area contributed by atoms with Gasteiger partial charge in [-0.3, -0.25) is 0 Å². The Hall–Kier alpha value is -1.18. The number of fused-ring (bicyclic) bond motifs is 1. The van der Waals surface area contributed by atoms with Crippen molar-refractivity contribution in [2.45, 2.75) is 64.8 Å². The fourth-order valence-electron chi connectivity index (χ4n) is 3.36. The zero-order valence-corrected chi connectivity index (χ0v) is 12.7. The summed E-state index contributed by atoms with van der Waals surface area (Å²) in [6.45, 7) is 10.2. The van der Waals surface area contributed by atoms with Crippen LogP contribution in [0.15, 0.2) is 18.2 Å². The predicted molar refractivity (Wildman–Crippen MR) is 82.1 cm³/mol. The van der Waals surface area contributed by atoms with Crippen molar-refractivity contribution in [1.29, 1.82) is 0 Å². The summed E-state index contributed by atoms with van der Waals surface area (Å²) in [5, 5.41) is 9.83. The lowest BCUT2D eigenvalue weighted by Crippen LogP contribution is -2.49. The van der Waals surface area contributed by atoms with Crippen LogP contribution in [0, 0.1) is 0 Å². The smallest absolute Gasteiger partial charge is 0.117 e. The summed E-state index contributed by atoms with van der Waals surface area (Å²) in [6.07, 6.45) is 4.78. The Morgan fingerprint density at radius 2 is 2.05 bits per heavy atom. The molecule has 0 amide bonds. The van der Waals surface area contributed by atoms with Crippen LogP contribution < -0.4 is 4.90 Å². The van der Waals surface area contributed by atoms with Crippen molar-refractivity contribution >= 4 is 5.69 Å². The number of hydrogen-bond acceptors (Lipinski definition) is 2. The standard InChI is InChI=1S/C17H27NO/c1-5-7-10-18-16-11-14(19)8-9-15(16)13(6-2)12-17(18,3)4/h8-9,11,13,19H,5-7,10,12H2,1-4H3. The Morgan fingerprint density at radius 3 is 2.68 bits per heavy atom. The third-order valence-electron chi connectivity index (χ3n) is 4.45. The van der Waals surface area contributed by atoms with Crippen LogP contribution in [-0.2, 0) is 0 Å². The van der Waals surface area contributed by atoms with Crippen molar-refractivity contribution in [2.24, 2.45) is 0 Å². The van der Waals surface area contributed by atoms with Gasteiger partial charge in [0.25, 0.3) is 0 Å². The number of hydrogen-bond donors (Lipinski definition) is 1. The second-order valence-corrected chi connectivity index (χ2v) is 6.37. The summed E-state index contributed by atoms with van der Waals surface area (Å²) >= 11 is 0. The third kappa shape index (κ3) is 2.72. The number of anilines is 1. The molecule has 2 rings (SSSR count). The molecule has 1 N–H and O–H groups in total. The van der Waals surface area contributed by atoms with Crippen LogP contribution in [0.5, 0.6) is 5.75 Å². The molecule has 1 aliphatic heterocycles. The van der Waals surface area contributed by atoms with Gasteiger partial charge >= 0.3 is 0 Å². The van der Waals surface area contributed by atoms with Crippen LogP contribution in [0.4, 0.5) is 5.69 Å². The van der Waals surface area contributed by atoms with E-state index in [-0.39, 0.29) is 5.54 Å². The minimum absolute atomic E-state index is 0.177. The molecule has 0 saturated heterocycles.